The molecular formula is C18H12ClNO3. The van der Waals surface area contributed by atoms with E-state index in [0.717, 1.165) is 10.8 Å². The maximum atomic E-state index is 11.8. The fraction of sp³-hybridized carbons (Fsp3) is 0. The molecule has 0 aliphatic carbocycles. The van der Waals surface area contributed by atoms with Gasteiger partial charge in [0.2, 0.25) is 0 Å². The number of aromatic carboxylic acids is 1. The summed E-state index contributed by atoms with van der Waals surface area (Å²) in [5.74, 6) is -1.00. The smallest absolute Gasteiger partial charge is 0.337 e. The lowest BCUT2D eigenvalue weighted by atomic mass is 9.99. The van der Waals surface area contributed by atoms with E-state index < -0.39 is 5.97 Å². The molecule has 0 aliphatic rings. The number of fused-ring (bicyclic) bond motifs is 3. The Labute approximate surface area is 137 Å². The van der Waals surface area contributed by atoms with Crippen LogP contribution in [0.15, 0.2) is 54.6 Å². The molecule has 4 rings (SSSR count). The molecule has 5 heteroatoms. The Bertz CT molecular complexity index is 1080. The molecule has 2 N–H and O–H groups in total. The normalized spacial score (nSPS) is 10.8. The first-order valence-electron chi connectivity index (χ1n) is 6.82. The van der Waals surface area contributed by atoms with E-state index in [1.807, 2.05) is 36.4 Å². The third-order valence-electron chi connectivity index (χ3n) is 3.84. The van der Waals surface area contributed by atoms with Gasteiger partial charge < -0.3 is 10.2 Å². The Morgan fingerprint density at radius 2 is 1.52 bits per heavy atom. The van der Waals surface area contributed by atoms with Crippen LogP contribution in [0.3, 0.4) is 0 Å². The van der Waals surface area contributed by atoms with Gasteiger partial charge in [-0.25, -0.2) is 9.78 Å². The predicted octanol–water partition coefficient (Wildman–Crippen LogP) is 4.37. The van der Waals surface area contributed by atoms with Crippen LogP contribution in [0.2, 0.25) is 0 Å². The van der Waals surface area contributed by atoms with Crippen LogP contribution < -0.4 is 0 Å². The van der Waals surface area contributed by atoms with Crippen LogP contribution in [-0.2, 0) is 0 Å². The number of hydrogen-bond acceptors (Lipinski definition) is 3. The number of phenolic OH excluding ortho intramolecular Hbond substituents is 1. The Morgan fingerprint density at radius 1 is 0.870 bits per heavy atom. The zero-order chi connectivity index (χ0) is 15.3. The highest BCUT2D eigenvalue weighted by Crippen LogP contribution is 2.31. The largest absolute Gasteiger partial charge is 0.508 e. The molecule has 0 saturated carbocycles. The molecule has 0 bridgehead atoms. The minimum atomic E-state index is -1.03. The summed E-state index contributed by atoms with van der Waals surface area (Å²) < 4.78 is 0. The van der Waals surface area contributed by atoms with E-state index in [1.165, 1.54) is 12.1 Å². The standard InChI is InChI=1S/C18H11NO3.ClH/c20-12-5-6-15-14(9-12)17(18(21)22)13-7-10-3-1-2-4-11(10)8-16(13)19-15;/h1-9,20H,(H,21,22);1H. The van der Waals surface area contributed by atoms with Crippen molar-refractivity contribution in [2.45, 2.75) is 0 Å². The molecule has 1 aromatic heterocycles. The van der Waals surface area contributed by atoms with Gasteiger partial charge in [-0.1, -0.05) is 24.3 Å². The highest BCUT2D eigenvalue weighted by atomic mass is 35.5. The average molecular weight is 326 g/mol. The number of aromatic hydroxyl groups is 1. The second-order valence-electron chi connectivity index (χ2n) is 5.21. The number of pyridine rings is 1. The van der Waals surface area contributed by atoms with Crippen molar-refractivity contribution in [3.8, 4) is 5.75 Å². The van der Waals surface area contributed by atoms with E-state index in [2.05, 4.69) is 4.98 Å². The molecular weight excluding hydrogens is 314 g/mol. The summed E-state index contributed by atoms with van der Waals surface area (Å²) >= 11 is 0. The Kier molecular flexibility index (Phi) is 3.54. The van der Waals surface area contributed by atoms with Crippen molar-refractivity contribution in [3.05, 3.63) is 60.2 Å². The highest BCUT2D eigenvalue weighted by Gasteiger charge is 2.16. The fourth-order valence-electron chi connectivity index (χ4n) is 2.85. The molecule has 23 heavy (non-hydrogen) atoms. The van der Waals surface area contributed by atoms with Crippen molar-refractivity contribution in [2.75, 3.05) is 0 Å². The molecule has 0 unspecified atom stereocenters. The number of aromatic nitrogens is 1. The molecule has 0 atom stereocenters. The molecule has 0 radical (unpaired) electrons. The predicted molar refractivity (Wildman–Crippen MR) is 92.6 cm³/mol. The van der Waals surface area contributed by atoms with Gasteiger partial charge in [-0.05, 0) is 41.1 Å². The summed E-state index contributed by atoms with van der Waals surface area (Å²) in [6.07, 6.45) is 0. The number of carbonyl (C=O) groups is 1. The van der Waals surface area contributed by atoms with Crippen molar-refractivity contribution < 1.29 is 15.0 Å². The molecule has 3 aromatic carbocycles. The fourth-order valence-corrected chi connectivity index (χ4v) is 2.85. The summed E-state index contributed by atoms with van der Waals surface area (Å²) in [7, 11) is 0. The second-order valence-corrected chi connectivity index (χ2v) is 5.21. The van der Waals surface area contributed by atoms with Crippen molar-refractivity contribution in [1.82, 2.24) is 4.98 Å². The summed E-state index contributed by atoms with van der Waals surface area (Å²) in [5, 5.41) is 22.3. The number of nitrogens with zero attached hydrogens (tertiary/aromatic N) is 1. The molecule has 0 saturated heterocycles. The van der Waals surface area contributed by atoms with Gasteiger partial charge in [-0.2, -0.15) is 0 Å². The van der Waals surface area contributed by atoms with Gasteiger partial charge in [-0.15, -0.1) is 12.4 Å². The first-order valence-corrected chi connectivity index (χ1v) is 6.82. The third kappa shape index (κ3) is 2.33. The van der Waals surface area contributed by atoms with E-state index in [0.29, 0.717) is 21.8 Å². The average Bonchev–Trinajstić information content (AvgIpc) is 2.50. The topological polar surface area (TPSA) is 70.4 Å². The molecule has 1 heterocycles. The quantitative estimate of drug-likeness (QED) is 0.510. The van der Waals surface area contributed by atoms with Gasteiger partial charge in [-0.3, -0.25) is 0 Å². The summed E-state index contributed by atoms with van der Waals surface area (Å²) in [6, 6.07) is 16.1. The van der Waals surface area contributed by atoms with Gasteiger partial charge in [0.05, 0.1) is 16.6 Å². The first kappa shape index (κ1) is 15.1. The lowest BCUT2D eigenvalue weighted by Gasteiger charge is -2.09. The highest BCUT2D eigenvalue weighted by molar-refractivity contribution is 6.16. The Balaban J connectivity index is 0.00000156. The third-order valence-corrected chi connectivity index (χ3v) is 3.84. The molecule has 4 aromatic rings. The number of phenols is 1. The zero-order valence-corrected chi connectivity index (χ0v) is 12.7. The van der Waals surface area contributed by atoms with Gasteiger partial charge >= 0.3 is 5.97 Å². The van der Waals surface area contributed by atoms with E-state index >= 15 is 0 Å². The number of rotatable bonds is 1. The van der Waals surface area contributed by atoms with Crippen molar-refractivity contribution in [1.29, 1.82) is 0 Å². The number of carboxylic acid groups (broad SMARTS) is 1. The van der Waals surface area contributed by atoms with E-state index in [9.17, 15) is 15.0 Å². The molecule has 0 fully saturated rings. The van der Waals surface area contributed by atoms with E-state index in [4.69, 9.17) is 0 Å². The molecule has 0 amide bonds. The maximum absolute atomic E-state index is 11.8. The first-order chi connectivity index (χ1) is 10.6. The lowest BCUT2D eigenvalue weighted by molar-refractivity contribution is 0.0701. The minimum Gasteiger partial charge on any atom is -0.508 e. The molecule has 114 valence electrons. The van der Waals surface area contributed by atoms with Crippen LogP contribution in [0.25, 0.3) is 32.6 Å². The van der Waals surface area contributed by atoms with Crippen LogP contribution in [-0.4, -0.2) is 21.2 Å². The summed E-state index contributed by atoms with van der Waals surface area (Å²) in [5.41, 5.74) is 1.36. The van der Waals surface area contributed by atoms with Crippen molar-refractivity contribution >= 4 is 51.0 Å². The zero-order valence-electron chi connectivity index (χ0n) is 11.9. The van der Waals surface area contributed by atoms with Gasteiger partial charge in [0, 0.05) is 10.8 Å². The molecule has 0 aliphatic heterocycles. The van der Waals surface area contributed by atoms with Crippen molar-refractivity contribution in [2.24, 2.45) is 0 Å². The molecule has 4 nitrogen and oxygen atoms in total. The van der Waals surface area contributed by atoms with Gasteiger partial charge in [0.1, 0.15) is 5.75 Å². The van der Waals surface area contributed by atoms with Crippen molar-refractivity contribution in [3.63, 3.8) is 0 Å². The van der Waals surface area contributed by atoms with Crippen LogP contribution in [0.4, 0.5) is 0 Å². The Morgan fingerprint density at radius 3 is 2.22 bits per heavy atom. The number of halogens is 1. The maximum Gasteiger partial charge on any atom is 0.337 e. The van der Waals surface area contributed by atoms with Gasteiger partial charge in [0.15, 0.2) is 0 Å². The van der Waals surface area contributed by atoms with Gasteiger partial charge in [0.25, 0.3) is 0 Å². The van der Waals surface area contributed by atoms with Crippen LogP contribution in [0, 0.1) is 0 Å². The summed E-state index contributed by atoms with van der Waals surface area (Å²) in [4.78, 5) is 16.3. The monoisotopic (exact) mass is 325 g/mol. The van der Waals surface area contributed by atoms with E-state index in [1.54, 1.807) is 6.07 Å². The van der Waals surface area contributed by atoms with Crippen LogP contribution in [0.1, 0.15) is 10.4 Å². The minimum absolute atomic E-state index is 0. The molecule has 0 spiro atoms. The Hall–Kier alpha value is -2.85. The second kappa shape index (κ2) is 5.41. The summed E-state index contributed by atoms with van der Waals surface area (Å²) in [6.45, 7) is 0. The number of benzene rings is 3. The van der Waals surface area contributed by atoms with E-state index in [-0.39, 0.29) is 23.7 Å². The lowest BCUT2D eigenvalue weighted by Crippen LogP contribution is -2.01. The van der Waals surface area contributed by atoms with Crippen LogP contribution in [0.5, 0.6) is 5.75 Å². The van der Waals surface area contributed by atoms with Crippen LogP contribution >= 0.6 is 12.4 Å². The SMILES string of the molecule is Cl.O=C(O)c1c2cc(O)ccc2nc2cc3ccccc3cc12. The number of hydrogen-bond donors (Lipinski definition) is 2. The number of carboxylic acids is 1.